The van der Waals surface area contributed by atoms with E-state index in [1.807, 2.05) is 0 Å². The number of amides is 2. The van der Waals surface area contributed by atoms with Gasteiger partial charge in [0.2, 0.25) is 0 Å². The molecule has 3 fully saturated rings. The Morgan fingerprint density at radius 3 is 2.81 bits per heavy atom. The molecular weight excluding hydrogens is 328 g/mol. The third kappa shape index (κ3) is 5.81. The zero-order valence-electron chi connectivity index (χ0n) is 16.4. The van der Waals surface area contributed by atoms with Gasteiger partial charge in [-0.25, -0.2) is 4.79 Å². The molecule has 0 aromatic rings. The number of urea groups is 1. The van der Waals surface area contributed by atoms with Crippen LogP contribution in [0.4, 0.5) is 4.79 Å². The van der Waals surface area contributed by atoms with Gasteiger partial charge in [-0.3, -0.25) is 10.6 Å². The maximum atomic E-state index is 12.5. The van der Waals surface area contributed by atoms with Crippen molar-refractivity contribution in [3.8, 4) is 0 Å². The number of hydrogen-bond donors (Lipinski definition) is 6. The second-order valence-corrected chi connectivity index (χ2v) is 8.40. The number of carbonyl (C=O) groups is 1. The highest BCUT2D eigenvalue weighted by Crippen LogP contribution is 2.33. The summed E-state index contributed by atoms with van der Waals surface area (Å²) in [5.74, 6) is 1.58. The zero-order valence-corrected chi connectivity index (χ0v) is 16.4. The number of piperidine rings is 1. The quantitative estimate of drug-likeness (QED) is 0.395. The first kappa shape index (κ1) is 19.9. The van der Waals surface area contributed by atoms with Crippen LogP contribution in [0.3, 0.4) is 0 Å². The van der Waals surface area contributed by atoms with E-state index in [0.717, 1.165) is 50.7 Å². The number of hydrogen-bond acceptors (Lipinski definition) is 5. The van der Waals surface area contributed by atoms with Crippen LogP contribution in [0.2, 0.25) is 0 Å². The standard InChI is InChI=1S/C19H38N6O/c1-3-4-8-21-17-10-13(2)22-18(24-17)25-19(26)23-16-6-5-15-12-20-9-7-14(15)11-16/h13-18,20-22,24H,3-12H2,1-2H3,(H2,23,25,26). The molecule has 1 aliphatic carbocycles. The molecule has 3 aliphatic rings. The van der Waals surface area contributed by atoms with Gasteiger partial charge in [0, 0.05) is 12.1 Å². The van der Waals surface area contributed by atoms with Crippen molar-refractivity contribution in [2.75, 3.05) is 19.6 Å². The Balaban J connectivity index is 1.40. The first-order chi connectivity index (χ1) is 12.6. The molecule has 0 aromatic heterocycles. The van der Waals surface area contributed by atoms with Crippen LogP contribution in [-0.4, -0.2) is 50.2 Å². The number of carbonyl (C=O) groups excluding carboxylic acids is 1. The van der Waals surface area contributed by atoms with Gasteiger partial charge in [0.15, 0.2) is 0 Å². The van der Waals surface area contributed by atoms with Crippen LogP contribution in [0.25, 0.3) is 0 Å². The molecule has 2 saturated heterocycles. The molecule has 2 heterocycles. The Morgan fingerprint density at radius 1 is 1.08 bits per heavy atom. The van der Waals surface area contributed by atoms with Crippen LogP contribution in [0.1, 0.15) is 58.8 Å². The van der Waals surface area contributed by atoms with E-state index in [0.29, 0.717) is 12.1 Å². The van der Waals surface area contributed by atoms with E-state index in [9.17, 15) is 4.79 Å². The fraction of sp³-hybridized carbons (Fsp3) is 0.947. The lowest BCUT2D eigenvalue weighted by atomic mass is 9.73. The van der Waals surface area contributed by atoms with E-state index in [2.05, 4.69) is 45.7 Å². The summed E-state index contributed by atoms with van der Waals surface area (Å²) in [5, 5.41) is 20.2. The molecule has 7 heteroatoms. The van der Waals surface area contributed by atoms with Gasteiger partial charge in [-0.15, -0.1) is 0 Å². The molecule has 150 valence electrons. The molecule has 2 aliphatic heterocycles. The molecule has 2 amide bonds. The molecule has 0 bridgehead atoms. The highest BCUT2D eigenvalue weighted by Gasteiger charge is 2.33. The normalized spacial score (nSPS) is 37.6. The lowest BCUT2D eigenvalue weighted by Gasteiger charge is -2.40. The van der Waals surface area contributed by atoms with E-state index in [-0.39, 0.29) is 18.5 Å². The molecule has 0 aromatic carbocycles. The number of unbranched alkanes of at least 4 members (excludes halogenated alkanes) is 1. The van der Waals surface area contributed by atoms with Crippen LogP contribution >= 0.6 is 0 Å². The van der Waals surface area contributed by atoms with Crippen molar-refractivity contribution in [2.24, 2.45) is 11.8 Å². The first-order valence-corrected chi connectivity index (χ1v) is 10.7. The summed E-state index contributed by atoms with van der Waals surface area (Å²) in [4.78, 5) is 12.5. The summed E-state index contributed by atoms with van der Waals surface area (Å²) in [5.41, 5.74) is 0. The highest BCUT2D eigenvalue weighted by molar-refractivity contribution is 5.74. The van der Waals surface area contributed by atoms with Crippen molar-refractivity contribution in [2.45, 2.75) is 83.3 Å². The summed E-state index contributed by atoms with van der Waals surface area (Å²) < 4.78 is 0. The lowest BCUT2D eigenvalue weighted by Crippen LogP contribution is -2.68. The Labute approximate surface area is 158 Å². The van der Waals surface area contributed by atoms with Crippen molar-refractivity contribution in [3.63, 3.8) is 0 Å². The molecule has 6 atom stereocenters. The van der Waals surface area contributed by atoms with Gasteiger partial charge in [-0.1, -0.05) is 13.3 Å². The van der Waals surface area contributed by atoms with E-state index >= 15 is 0 Å². The molecule has 6 N–H and O–H groups in total. The molecule has 0 spiro atoms. The minimum atomic E-state index is -0.187. The van der Waals surface area contributed by atoms with Crippen molar-refractivity contribution < 1.29 is 4.79 Å². The van der Waals surface area contributed by atoms with E-state index in [4.69, 9.17) is 0 Å². The van der Waals surface area contributed by atoms with E-state index in [1.54, 1.807) is 0 Å². The van der Waals surface area contributed by atoms with Crippen molar-refractivity contribution >= 4 is 6.03 Å². The second kappa shape index (κ2) is 9.88. The molecule has 0 radical (unpaired) electrons. The Bertz CT molecular complexity index is 448. The number of rotatable bonds is 6. The van der Waals surface area contributed by atoms with Gasteiger partial charge in [-0.05, 0) is 76.9 Å². The Hall–Kier alpha value is -0.890. The monoisotopic (exact) mass is 366 g/mol. The van der Waals surface area contributed by atoms with Crippen LogP contribution in [-0.2, 0) is 0 Å². The zero-order chi connectivity index (χ0) is 18.4. The SMILES string of the molecule is CCCCNC1CC(C)NC(NC(=O)NC2CCC3CNCCC3C2)N1. The van der Waals surface area contributed by atoms with Crippen LogP contribution in [0.15, 0.2) is 0 Å². The Morgan fingerprint density at radius 2 is 1.96 bits per heavy atom. The summed E-state index contributed by atoms with van der Waals surface area (Å²) in [6.45, 7) is 7.66. The first-order valence-electron chi connectivity index (χ1n) is 10.7. The van der Waals surface area contributed by atoms with Gasteiger partial charge in [0.05, 0.1) is 6.17 Å². The largest absolute Gasteiger partial charge is 0.335 e. The van der Waals surface area contributed by atoms with Gasteiger partial charge in [-0.2, -0.15) is 0 Å². The topological polar surface area (TPSA) is 89.2 Å². The summed E-state index contributed by atoms with van der Waals surface area (Å²) in [6.07, 6.45) is 8.14. The second-order valence-electron chi connectivity index (χ2n) is 8.40. The van der Waals surface area contributed by atoms with Crippen molar-refractivity contribution in [1.29, 1.82) is 0 Å². The Kier molecular flexibility index (Phi) is 7.54. The van der Waals surface area contributed by atoms with Gasteiger partial charge >= 0.3 is 6.03 Å². The van der Waals surface area contributed by atoms with Crippen LogP contribution in [0, 0.1) is 11.8 Å². The number of nitrogens with one attached hydrogen (secondary N) is 6. The predicted octanol–water partition coefficient (Wildman–Crippen LogP) is 1.03. The maximum absolute atomic E-state index is 12.5. The smallest absolute Gasteiger partial charge is 0.317 e. The minimum absolute atomic E-state index is 0.0613. The van der Waals surface area contributed by atoms with E-state index in [1.165, 1.54) is 25.7 Å². The summed E-state index contributed by atoms with van der Waals surface area (Å²) in [7, 11) is 0. The molecule has 6 unspecified atom stereocenters. The molecule has 1 saturated carbocycles. The lowest BCUT2D eigenvalue weighted by molar-refractivity contribution is 0.151. The average molecular weight is 367 g/mol. The van der Waals surface area contributed by atoms with Gasteiger partial charge in [0.25, 0.3) is 0 Å². The van der Waals surface area contributed by atoms with Crippen LogP contribution in [0.5, 0.6) is 0 Å². The van der Waals surface area contributed by atoms with Crippen molar-refractivity contribution in [1.82, 2.24) is 31.9 Å². The third-order valence-corrected chi connectivity index (χ3v) is 6.18. The fourth-order valence-corrected chi connectivity index (χ4v) is 4.72. The summed E-state index contributed by atoms with van der Waals surface area (Å²) in [6, 6.07) is 0.619. The van der Waals surface area contributed by atoms with Gasteiger partial charge in [0.1, 0.15) is 6.29 Å². The fourth-order valence-electron chi connectivity index (χ4n) is 4.72. The molecule has 7 nitrogen and oxygen atoms in total. The number of fused-ring (bicyclic) bond motifs is 1. The third-order valence-electron chi connectivity index (χ3n) is 6.18. The maximum Gasteiger partial charge on any atom is 0.317 e. The predicted molar refractivity (Wildman–Crippen MR) is 105 cm³/mol. The minimum Gasteiger partial charge on any atom is -0.335 e. The van der Waals surface area contributed by atoms with Crippen LogP contribution < -0.4 is 31.9 Å². The van der Waals surface area contributed by atoms with E-state index < -0.39 is 0 Å². The highest BCUT2D eigenvalue weighted by atomic mass is 16.2. The summed E-state index contributed by atoms with van der Waals surface area (Å²) >= 11 is 0. The molecule has 3 rings (SSSR count). The molecular formula is C19H38N6O. The average Bonchev–Trinajstić information content (AvgIpc) is 2.61. The van der Waals surface area contributed by atoms with Gasteiger partial charge < -0.3 is 21.3 Å². The molecule has 26 heavy (non-hydrogen) atoms. The van der Waals surface area contributed by atoms with Crippen molar-refractivity contribution in [3.05, 3.63) is 0 Å².